The first kappa shape index (κ1) is 10.8. The molecule has 0 aromatic heterocycles. The van der Waals surface area contributed by atoms with Gasteiger partial charge in [-0.3, -0.25) is 0 Å². The van der Waals surface area contributed by atoms with Crippen LogP contribution in [0, 0.1) is 0 Å². The number of benzene rings is 1. The first-order valence-electron chi connectivity index (χ1n) is 4.49. The molecule has 2 atom stereocenters. The molecule has 5 heteroatoms. The van der Waals surface area contributed by atoms with Crippen LogP contribution in [0.2, 0.25) is 5.02 Å². The van der Waals surface area contributed by atoms with Crippen LogP contribution in [-0.2, 0) is 4.74 Å². The fourth-order valence-electron chi connectivity index (χ4n) is 1.47. The van der Waals surface area contributed by atoms with Crippen LogP contribution in [0.1, 0.15) is 10.4 Å². The minimum absolute atomic E-state index is 0.0163. The number of carbonyl (C=O) groups excluding carboxylic acids is 1. The Kier molecular flexibility index (Phi) is 3.17. The van der Waals surface area contributed by atoms with E-state index in [0.717, 1.165) is 5.56 Å². The fraction of sp³-hybridized carbons (Fsp3) is 0.300. The number of hydrogen-bond donors (Lipinski definition) is 1. The highest BCUT2D eigenvalue weighted by Crippen LogP contribution is 2.29. The maximum Gasteiger partial charge on any atom is 0.407 e. The molecule has 1 aliphatic rings. The average molecular weight is 291 g/mol. The van der Waals surface area contributed by atoms with Crippen molar-refractivity contribution in [1.29, 1.82) is 0 Å². The van der Waals surface area contributed by atoms with Crippen LogP contribution in [0.15, 0.2) is 24.3 Å². The standard InChI is InChI=1S/C10H9BrClNO2/c11-9(8-5-15-10(14)13-8)6-2-1-3-7(12)4-6/h1-4,8-9H,5H2,(H,13,14)/t8-,9+/m1/s1. The number of hydrogen-bond acceptors (Lipinski definition) is 2. The minimum Gasteiger partial charge on any atom is -0.447 e. The van der Waals surface area contributed by atoms with Crippen LogP contribution in [0.25, 0.3) is 0 Å². The lowest BCUT2D eigenvalue weighted by Crippen LogP contribution is -2.29. The molecule has 1 aromatic carbocycles. The molecule has 0 bridgehead atoms. The van der Waals surface area contributed by atoms with E-state index in [1.54, 1.807) is 0 Å². The van der Waals surface area contributed by atoms with Crippen molar-refractivity contribution in [2.75, 3.05) is 6.61 Å². The van der Waals surface area contributed by atoms with Crippen molar-refractivity contribution in [2.24, 2.45) is 0 Å². The Bertz CT molecular complexity index is 385. The summed E-state index contributed by atoms with van der Waals surface area (Å²) < 4.78 is 4.83. The summed E-state index contributed by atoms with van der Waals surface area (Å²) in [7, 11) is 0. The van der Waals surface area contributed by atoms with E-state index in [9.17, 15) is 4.79 Å². The molecule has 2 rings (SSSR count). The van der Waals surface area contributed by atoms with E-state index in [1.807, 2.05) is 24.3 Å². The summed E-state index contributed by atoms with van der Waals surface area (Å²) in [6.45, 7) is 0.376. The minimum atomic E-state index is -0.369. The van der Waals surface area contributed by atoms with E-state index in [-0.39, 0.29) is 17.0 Å². The number of alkyl carbamates (subject to hydrolysis) is 1. The highest BCUT2D eigenvalue weighted by atomic mass is 79.9. The van der Waals surface area contributed by atoms with Crippen molar-refractivity contribution in [3.05, 3.63) is 34.9 Å². The van der Waals surface area contributed by atoms with E-state index in [1.165, 1.54) is 0 Å². The highest BCUT2D eigenvalue weighted by Gasteiger charge is 2.29. The van der Waals surface area contributed by atoms with Gasteiger partial charge in [0.15, 0.2) is 0 Å². The molecule has 1 N–H and O–H groups in total. The Morgan fingerprint density at radius 1 is 1.60 bits per heavy atom. The second-order valence-corrected chi connectivity index (χ2v) is 4.73. The number of amides is 1. The molecule has 0 saturated carbocycles. The van der Waals surface area contributed by atoms with Crippen LogP contribution in [0.4, 0.5) is 4.79 Å². The molecule has 1 heterocycles. The predicted molar refractivity (Wildman–Crippen MR) is 61.4 cm³/mol. The van der Waals surface area contributed by atoms with Gasteiger partial charge in [-0.2, -0.15) is 0 Å². The summed E-state index contributed by atoms with van der Waals surface area (Å²) in [4.78, 5) is 10.9. The summed E-state index contributed by atoms with van der Waals surface area (Å²) in [5, 5.41) is 3.40. The smallest absolute Gasteiger partial charge is 0.407 e. The van der Waals surface area contributed by atoms with Crippen molar-refractivity contribution in [2.45, 2.75) is 10.9 Å². The summed E-state index contributed by atoms with van der Waals surface area (Å²) in [6.07, 6.45) is -0.369. The largest absolute Gasteiger partial charge is 0.447 e. The van der Waals surface area contributed by atoms with Gasteiger partial charge in [-0.1, -0.05) is 39.7 Å². The molecule has 15 heavy (non-hydrogen) atoms. The SMILES string of the molecule is O=C1N[C@@H]([C@@H](Br)c2cccc(Cl)c2)CO1. The lowest BCUT2D eigenvalue weighted by atomic mass is 10.1. The summed E-state index contributed by atoms with van der Waals surface area (Å²) >= 11 is 9.41. The number of halogens is 2. The van der Waals surface area contributed by atoms with Gasteiger partial charge in [0.25, 0.3) is 0 Å². The van der Waals surface area contributed by atoms with E-state index in [4.69, 9.17) is 16.3 Å². The number of rotatable bonds is 2. The molecule has 1 fully saturated rings. The van der Waals surface area contributed by atoms with Crippen LogP contribution < -0.4 is 5.32 Å². The Hall–Kier alpha value is -0.740. The number of carbonyl (C=O) groups is 1. The first-order chi connectivity index (χ1) is 7.16. The molecule has 1 aliphatic heterocycles. The van der Waals surface area contributed by atoms with Crippen LogP contribution in [0.5, 0.6) is 0 Å². The molecule has 0 radical (unpaired) electrons. The maximum absolute atomic E-state index is 10.9. The number of alkyl halides is 1. The topological polar surface area (TPSA) is 38.3 Å². The molecule has 80 valence electrons. The molecule has 1 aromatic rings. The lowest BCUT2D eigenvalue weighted by Gasteiger charge is -2.15. The fourth-order valence-corrected chi connectivity index (χ4v) is 2.24. The molecule has 0 aliphatic carbocycles. The average Bonchev–Trinajstić information content (AvgIpc) is 2.64. The van der Waals surface area contributed by atoms with Crippen LogP contribution >= 0.6 is 27.5 Å². The van der Waals surface area contributed by atoms with E-state index < -0.39 is 0 Å². The molecule has 0 unspecified atom stereocenters. The van der Waals surface area contributed by atoms with E-state index in [2.05, 4.69) is 21.2 Å². The number of nitrogens with one attached hydrogen (secondary N) is 1. The van der Waals surface area contributed by atoms with Gasteiger partial charge in [0.05, 0.1) is 10.9 Å². The third-order valence-corrected chi connectivity index (χ3v) is 3.62. The summed E-state index contributed by atoms with van der Waals surface area (Å²) in [6, 6.07) is 7.47. The predicted octanol–water partition coefficient (Wildman–Crippen LogP) is 2.88. The second-order valence-electron chi connectivity index (χ2n) is 3.31. The number of ether oxygens (including phenoxy) is 1. The second kappa shape index (κ2) is 4.41. The Balaban J connectivity index is 2.13. The third kappa shape index (κ3) is 2.44. The third-order valence-electron chi connectivity index (χ3n) is 2.22. The van der Waals surface area contributed by atoms with Crippen LogP contribution in [0.3, 0.4) is 0 Å². The zero-order valence-corrected chi connectivity index (χ0v) is 10.1. The van der Waals surface area contributed by atoms with Gasteiger partial charge in [0, 0.05) is 5.02 Å². The first-order valence-corrected chi connectivity index (χ1v) is 5.79. The van der Waals surface area contributed by atoms with Crippen molar-refractivity contribution >= 4 is 33.6 Å². The lowest BCUT2D eigenvalue weighted by molar-refractivity contribution is 0.177. The zero-order chi connectivity index (χ0) is 10.8. The molecule has 3 nitrogen and oxygen atoms in total. The Labute approximate surface area is 101 Å². The molecule has 0 spiro atoms. The molecular weight excluding hydrogens is 281 g/mol. The molecular formula is C10H9BrClNO2. The maximum atomic E-state index is 10.9. The van der Waals surface area contributed by atoms with Gasteiger partial charge in [0.1, 0.15) is 6.61 Å². The van der Waals surface area contributed by atoms with Crippen LogP contribution in [-0.4, -0.2) is 18.7 Å². The number of cyclic esters (lactones) is 1. The zero-order valence-electron chi connectivity index (χ0n) is 7.74. The van der Waals surface area contributed by atoms with Crippen molar-refractivity contribution in [1.82, 2.24) is 5.32 Å². The summed E-state index contributed by atoms with van der Waals surface area (Å²) in [5.41, 5.74) is 1.03. The molecule has 1 saturated heterocycles. The van der Waals surface area contributed by atoms with Crippen molar-refractivity contribution in [3.63, 3.8) is 0 Å². The monoisotopic (exact) mass is 289 g/mol. The highest BCUT2D eigenvalue weighted by molar-refractivity contribution is 9.09. The van der Waals surface area contributed by atoms with Gasteiger partial charge in [0.2, 0.25) is 0 Å². The van der Waals surface area contributed by atoms with Gasteiger partial charge < -0.3 is 10.1 Å². The van der Waals surface area contributed by atoms with Gasteiger partial charge >= 0.3 is 6.09 Å². The van der Waals surface area contributed by atoms with Gasteiger partial charge in [-0.25, -0.2) is 4.79 Å². The van der Waals surface area contributed by atoms with Gasteiger partial charge in [-0.05, 0) is 17.7 Å². The summed E-state index contributed by atoms with van der Waals surface area (Å²) in [5.74, 6) is 0. The van der Waals surface area contributed by atoms with Gasteiger partial charge in [-0.15, -0.1) is 0 Å². The Morgan fingerprint density at radius 3 is 3.00 bits per heavy atom. The van der Waals surface area contributed by atoms with Crippen molar-refractivity contribution < 1.29 is 9.53 Å². The normalized spacial score (nSPS) is 22.0. The van der Waals surface area contributed by atoms with Crippen molar-refractivity contribution in [3.8, 4) is 0 Å². The molecule has 1 amide bonds. The quantitative estimate of drug-likeness (QED) is 0.851. The van der Waals surface area contributed by atoms with E-state index in [0.29, 0.717) is 11.6 Å². The Morgan fingerprint density at radius 2 is 2.40 bits per heavy atom. The van der Waals surface area contributed by atoms with E-state index >= 15 is 0 Å².